The molecule has 96 valence electrons. The van der Waals surface area contributed by atoms with Gasteiger partial charge in [-0.25, -0.2) is 4.68 Å². The van der Waals surface area contributed by atoms with E-state index >= 15 is 0 Å². The number of para-hydroxylation sites is 1. The Bertz CT molecular complexity index is 546. The van der Waals surface area contributed by atoms with Crippen LogP contribution in [0.2, 0.25) is 0 Å². The van der Waals surface area contributed by atoms with Gasteiger partial charge in [-0.2, -0.15) is 5.10 Å². The average molecular weight is 245 g/mol. The molecule has 0 saturated carbocycles. The van der Waals surface area contributed by atoms with Gasteiger partial charge in [-0.3, -0.25) is 0 Å². The van der Waals surface area contributed by atoms with Crippen molar-refractivity contribution in [3.05, 3.63) is 41.1 Å². The predicted molar refractivity (Wildman–Crippen MR) is 72.1 cm³/mol. The maximum atomic E-state index is 5.80. The van der Waals surface area contributed by atoms with Crippen LogP contribution in [0.15, 0.2) is 24.3 Å². The van der Waals surface area contributed by atoms with Crippen molar-refractivity contribution in [3.63, 3.8) is 0 Å². The molecule has 0 spiro atoms. The van der Waals surface area contributed by atoms with Crippen molar-refractivity contribution in [1.82, 2.24) is 9.78 Å². The number of methoxy groups -OCH3 is 1. The molecule has 0 aliphatic heterocycles. The summed E-state index contributed by atoms with van der Waals surface area (Å²) >= 11 is 0. The Hall–Kier alpha value is -1.81. The number of hydrogen-bond donors (Lipinski definition) is 1. The molecule has 2 N–H and O–H groups in total. The molecule has 0 amide bonds. The molecule has 0 radical (unpaired) electrons. The summed E-state index contributed by atoms with van der Waals surface area (Å²) < 4.78 is 7.32. The highest BCUT2D eigenvalue weighted by Crippen LogP contribution is 2.27. The Labute approximate surface area is 107 Å². The van der Waals surface area contributed by atoms with E-state index in [1.165, 1.54) is 0 Å². The first-order valence-electron chi connectivity index (χ1n) is 6.13. The monoisotopic (exact) mass is 245 g/mol. The Kier molecular flexibility index (Phi) is 3.67. The molecule has 0 aliphatic rings. The van der Waals surface area contributed by atoms with E-state index in [0.29, 0.717) is 6.54 Å². The Morgan fingerprint density at radius 3 is 2.61 bits per heavy atom. The second-order valence-electron chi connectivity index (χ2n) is 4.19. The smallest absolute Gasteiger partial charge is 0.221 e. The Morgan fingerprint density at radius 2 is 2.06 bits per heavy atom. The minimum absolute atomic E-state index is 0.443. The lowest BCUT2D eigenvalue weighted by atomic mass is 10.2. The van der Waals surface area contributed by atoms with Gasteiger partial charge in [0, 0.05) is 6.54 Å². The van der Waals surface area contributed by atoms with Crippen LogP contribution in [-0.4, -0.2) is 16.9 Å². The summed E-state index contributed by atoms with van der Waals surface area (Å²) in [6, 6.07) is 8.10. The maximum Gasteiger partial charge on any atom is 0.221 e. The maximum absolute atomic E-state index is 5.80. The van der Waals surface area contributed by atoms with Crippen LogP contribution in [0, 0.1) is 6.92 Å². The molecule has 0 atom stereocenters. The Morgan fingerprint density at radius 1 is 1.33 bits per heavy atom. The summed E-state index contributed by atoms with van der Waals surface area (Å²) in [5, 5.41) is 4.61. The topological polar surface area (TPSA) is 53.1 Å². The first-order chi connectivity index (χ1) is 8.72. The molecule has 0 bridgehead atoms. The third-order valence-corrected chi connectivity index (χ3v) is 3.10. The molecule has 0 fully saturated rings. The number of hydrogen-bond acceptors (Lipinski definition) is 3. The lowest BCUT2D eigenvalue weighted by Gasteiger charge is -2.09. The van der Waals surface area contributed by atoms with Crippen molar-refractivity contribution in [3.8, 4) is 11.6 Å². The summed E-state index contributed by atoms with van der Waals surface area (Å²) in [4.78, 5) is 0. The molecule has 2 rings (SSSR count). The summed E-state index contributed by atoms with van der Waals surface area (Å²) in [6.07, 6.45) is 0.849. The second kappa shape index (κ2) is 5.23. The van der Waals surface area contributed by atoms with Gasteiger partial charge in [0.25, 0.3) is 0 Å². The summed E-state index contributed by atoms with van der Waals surface area (Å²) in [6.45, 7) is 4.57. The van der Waals surface area contributed by atoms with Crippen molar-refractivity contribution in [2.75, 3.05) is 7.11 Å². The van der Waals surface area contributed by atoms with Crippen LogP contribution in [0.4, 0.5) is 0 Å². The summed E-state index contributed by atoms with van der Waals surface area (Å²) in [5.74, 6) is 0.739. The summed E-state index contributed by atoms with van der Waals surface area (Å²) in [7, 11) is 1.66. The molecule has 0 unspecified atom stereocenters. The predicted octanol–water partition coefficient (Wildman–Crippen LogP) is 2.21. The average Bonchev–Trinajstić information content (AvgIpc) is 2.76. The highest BCUT2D eigenvalue weighted by molar-refractivity contribution is 5.45. The van der Waals surface area contributed by atoms with Gasteiger partial charge in [-0.1, -0.05) is 25.1 Å². The van der Waals surface area contributed by atoms with E-state index in [2.05, 4.69) is 25.0 Å². The number of aromatic nitrogens is 2. The number of benzene rings is 1. The zero-order valence-electron chi connectivity index (χ0n) is 11.1. The van der Waals surface area contributed by atoms with E-state index in [1.807, 2.05) is 22.9 Å². The van der Waals surface area contributed by atoms with Crippen molar-refractivity contribution in [1.29, 1.82) is 0 Å². The lowest BCUT2D eigenvalue weighted by Crippen LogP contribution is -2.04. The standard InChI is InChI=1S/C14H19N3O/c1-4-12-11(9-15)14(18-3)17(16-12)13-8-6-5-7-10(13)2/h5-8H,4,9,15H2,1-3H3. The molecular formula is C14H19N3O. The van der Waals surface area contributed by atoms with Crippen LogP contribution in [0.1, 0.15) is 23.7 Å². The van der Waals surface area contributed by atoms with Crippen molar-refractivity contribution in [2.45, 2.75) is 26.8 Å². The van der Waals surface area contributed by atoms with Gasteiger partial charge >= 0.3 is 0 Å². The van der Waals surface area contributed by atoms with Gasteiger partial charge in [0.2, 0.25) is 5.88 Å². The molecule has 1 heterocycles. The first-order valence-corrected chi connectivity index (χ1v) is 6.13. The largest absolute Gasteiger partial charge is 0.481 e. The zero-order chi connectivity index (χ0) is 13.1. The fraction of sp³-hybridized carbons (Fsp3) is 0.357. The molecule has 18 heavy (non-hydrogen) atoms. The van der Waals surface area contributed by atoms with Crippen molar-refractivity contribution < 1.29 is 4.74 Å². The van der Waals surface area contributed by atoms with Crippen LogP contribution < -0.4 is 10.5 Å². The van der Waals surface area contributed by atoms with Crippen molar-refractivity contribution >= 4 is 0 Å². The van der Waals surface area contributed by atoms with Crippen molar-refractivity contribution in [2.24, 2.45) is 5.73 Å². The van der Waals surface area contributed by atoms with Gasteiger partial charge in [0.05, 0.1) is 24.1 Å². The van der Waals surface area contributed by atoms with Gasteiger partial charge in [-0.15, -0.1) is 0 Å². The van der Waals surface area contributed by atoms with Gasteiger partial charge < -0.3 is 10.5 Å². The van der Waals surface area contributed by atoms with E-state index in [-0.39, 0.29) is 0 Å². The number of rotatable bonds is 4. The van der Waals surface area contributed by atoms with E-state index in [4.69, 9.17) is 10.5 Å². The normalized spacial score (nSPS) is 10.7. The molecular weight excluding hydrogens is 226 g/mol. The SMILES string of the molecule is CCc1nn(-c2ccccc2C)c(OC)c1CN. The van der Waals surface area contributed by atoms with E-state index in [1.54, 1.807) is 7.11 Å². The third kappa shape index (κ3) is 1.99. The minimum atomic E-state index is 0.443. The van der Waals surface area contributed by atoms with Crippen LogP contribution in [0.3, 0.4) is 0 Å². The number of ether oxygens (including phenoxy) is 1. The van der Waals surface area contributed by atoms with Gasteiger partial charge in [-0.05, 0) is 25.0 Å². The van der Waals surface area contributed by atoms with Crippen LogP contribution in [0.5, 0.6) is 5.88 Å². The molecule has 0 aliphatic carbocycles. The zero-order valence-corrected chi connectivity index (χ0v) is 11.1. The quantitative estimate of drug-likeness (QED) is 0.898. The second-order valence-corrected chi connectivity index (χ2v) is 4.19. The molecule has 1 aromatic carbocycles. The highest BCUT2D eigenvalue weighted by atomic mass is 16.5. The summed E-state index contributed by atoms with van der Waals surface area (Å²) in [5.41, 5.74) is 9.97. The number of aryl methyl sites for hydroxylation is 2. The Balaban J connectivity index is 2.64. The highest BCUT2D eigenvalue weighted by Gasteiger charge is 2.18. The number of nitrogens with two attached hydrogens (primary N) is 1. The molecule has 0 saturated heterocycles. The van der Waals surface area contributed by atoms with Crippen LogP contribution >= 0.6 is 0 Å². The molecule has 2 aromatic rings. The third-order valence-electron chi connectivity index (χ3n) is 3.10. The fourth-order valence-electron chi connectivity index (χ4n) is 2.14. The lowest BCUT2D eigenvalue weighted by molar-refractivity contribution is 0.379. The minimum Gasteiger partial charge on any atom is -0.481 e. The molecule has 4 heteroatoms. The van der Waals surface area contributed by atoms with Gasteiger partial charge in [0.1, 0.15) is 0 Å². The van der Waals surface area contributed by atoms with E-state index < -0.39 is 0 Å². The number of nitrogens with zero attached hydrogens (tertiary/aromatic N) is 2. The van der Waals surface area contributed by atoms with Crippen LogP contribution in [-0.2, 0) is 13.0 Å². The van der Waals surface area contributed by atoms with Crippen LogP contribution in [0.25, 0.3) is 5.69 Å². The van der Waals surface area contributed by atoms with Gasteiger partial charge in [0.15, 0.2) is 0 Å². The first kappa shape index (κ1) is 12.6. The molecule has 4 nitrogen and oxygen atoms in total. The van der Waals surface area contributed by atoms with E-state index in [9.17, 15) is 0 Å². The molecule has 1 aromatic heterocycles. The van der Waals surface area contributed by atoms with E-state index in [0.717, 1.165) is 34.8 Å². The fourth-order valence-corrected chi connectivity index (χ4v) is 2.14.